The van der Waals surface area contributed by atoms with Gasteiger partial charge in [-0.15, -0.1) is 0 Å². The zero-order chi connectivity index (χ0) is 19.2. The topological polar surface area (TPSA) is 187 Å². The largest absolute Gasteiger partial charge is 0.481 e. The highest BCUT2D eigenvalue weighted by Crippen LogP contribution is 2.31. The first kappa shape index (κ1) is 21.4. The van der Waals surface area contributed by atoms with E-state index >= 15 is 0 Å². The summed E-state index contributed by atoms with van der Waals surface area (Å²) in [4.78, 5) is 35.8. The molecule has 0 aromatic heterocycles. The summed E-state index contributed by atoms with van der Waals surface area (Å²) in [6, 6.07) is -0.907. The third-order valence-corrected chi connectivity index (χ3v) is 4.57. The quantitative estimate of drug-likeness (QED) is 0.241. The van der Waals surface area contributed by atoms with Crippen LogP contribution in [0.5, 0.6) is 0 Å². The Morgan fingerprint density at radius 1 is 1.24 bits per heavy atom. The minimum Gasteiger partial charge on any atom is -0.481 e. The summed E-state index contributed by atoms with van der Waals surface area (Å²) in [5.74, 6) is -3.18. The number of carboxylic acid groups (broad SMARTS) is 2. The van der Waals surface area contributed by atoms with Gasteiger partial charge in [0.1, 0.15) is 5.54 Å². The molecule has 10 nitrogen and oxygen atoms in total. The van der Waals surface area contributed by atoms with E-state index in [1.165, 1.54) is 4.90 Å². The smallest absolute Gasteiger partial charge is 0.451 e. The fourth-order valence-electron chi connectivity index (χ4n) is 3.08. The van der Waals surface area contributed by atoms with Crippen LogP contribution >= 0.6 is 0 Å². The summed E-state index contributed by atoms with van der Waals surface area (Å²) in [6.07, 6.45) is 1.13. The zero-order valence-corrected chi connectivity index (χ0v) is 14.0. The van der Waals surface area contributed by atoms with Crippen LogP contribution in [0.3, 0.4) is 0 Å². The maximum atomic E-state index is 12.4. The number of carbonyl (C=O) groups is 3. The van der Waals surface area contributed by atoms with E-state index in [9.17, 15) is 19.5 Å². The van der Waals surface area contributed by atoms with E-state index in [4.69, 9.17) is 26.6 Å². The van der Waals surface area contributed by atoms with Crippen molar-refractivity contribution in [2.45, 2.75) is 50.0 Å². The van der Waals surface area contributed by atoms with Crippen LogP contribution in [0.2, 0.25) is 6.32 Å². The molecule has 8 N–H and O–H groups in total. The Bertz CT molecular complexity index is 505. The van der Waals surface area contributed by atoms with Crippen molar-refractivity contribution in [2.24, 2.45) is 17.4 Å². The molecule has 1 aliphatic rings. The molecule has 0 aromatic rings. The second-order valence-electron chi connectivity index (χ2n) is 6.57. The van der Waals surface area contributed by atoms with Gasteiger partial charge in [0.25, 0.3) is 0 Å². The van der Waals surface area contributed by atoms with Crippen molar-refractivity contribution in [3.63, 3.8) is 0 Å². The van der Waals surface area contributed by atoms with Crippen molar-refractivity contribution in [3.8, 4) is 0 Å². The van der Waals surface area contributed by atoms with Gasteiger partial charge in [-0.1, -0.05) is 6.42 Å². The summed E-state index contributed by atoms with van der Waals surface area (Å²) >= 11 is 0. The van der Waals surface area contributed by atoms with Gasteiger partial charge in [0, 0.05) is 25.4 Å². The van der Waals surface area contributed by atoms with Crippen LogP contribution in [0.15, 0.2) is 0 Å². The molecule has 1 saturated heterocycles. The van der Waals surface area contributed by atoms with Crippen LogP contribution in [-0.4, -0.2) is 74.8 Å². The lowest BCUT2D eigenvalue weighted by atomic mass is 9.78. The highest BCUT2D eigenvalue weighted by atomic mass is 16.4. The average Bonchev–Trinajstić information content (AvgIpc) is 2.84. The lowest BCUT2D eigenvalue weighted by Crippen LogP contribution is -2.55. The van der Waals surface area contributed by atoms with Crippen molar-refractivity contribution in [1.29, 1.82) is 0 Å². The van der Waals surface area contributed by atoms with Gasteiger partial charge < -0.3 is 36.6 Å². The molecule has 0 spiro atoms. The molecule has 3 atom stereocenters. The molecule has 11 heteroatoms. The van der Waals surface area contributed by atoms with Crippen molar-refractivity contribution < 1.29 is 34.6 Å². The second kappa shape index (κ2) is 9.13. The van der Waals surface area contributed by atoms with Crippen LogP contribution in [-0.2, 0) is 14.4 Å². The Hall–Kier alpha value is -1.69. The van der Waals surface area contributed by atoms with Gasteiger partial charge in [0.2, 0.25) is 5.91 Å². The van der Waals surface area contributed by atoms with Gasteiger partial charge in [-0.2, -0.15) is 0 Å². The van der Waals surface area contributed by atoms with Crippen LogP contribution in [0.4, 0.5) is 0 Å². The van der Waals surface area contributed by atoms with E-state index in [0.29, 0.717) is 12.8 Å². The number of rotatable bonds is 10. The van der Waals surface area contributed by atoms with Crippen molar-refractivity contribution >= 4 is 25.0 Å². The van der Waals surface area contributed by atoms with E-state index in [1.54, 1.807) is 0 Å². The van der Waals surface area contributed by atoms with Crippen LogP contribution < -0.4 is 11.5 Å². The molecule has 1 heterocycles. The van der Waals surface area contributed by atoms with Crippen LogP contribution in [0.25, 0.3) is 0 Å². The Balaban J connectivity index is 2.67. The number of aliphatic carboxylic acids is 2. The van der Waals surface area contributed by atoms with Gasteiger partial charge in [0.05, 0.1) is 6.04 Å². The molecule has 0 aromatic carbocycles. The first-order valence-electron chi connectivity index (χ1n) is 8.22. The molecule has 1 fully saturated rings. The summed E-state index contributed by atoms with van der Waals surface area (Å²) in [6.45, 7) is -0.0596. The highest BCUT2D eigenvalue weighted by molar-refractivity contribution is 6.40. The molecule has 0 saturated carbocycles. The lowest BCUT2D eigenvalue weighted by Gasteiger charge is -2.25. The average molecular weight is 359 g/mol. The molecule has 1 amide bonds. The number of amides is 1. The third kappa shape index (κ3) is 5.96. The highest BCUT2D eigenvalue weighted by Gasteiger charge is 2.50. The first-order valence-corrected chi connectivity index (χ1v) is 8.22. The first-order chi connectivity index (χ1) is 11.6. The van der Waals surface area contributed by atoms with E-state index in [1.807, 2.05) is 0 Å². The molecular formula is C14H26BN3O7. The SMILES string of the molecule is N[C@@H](CCCC(=O)O)C(=O)N1CC(CCCB(O)O)[C@](N)(C(=O)O)C1. The number of carbonyl (C=O) groups excluding carboxylic acids is 1. The molecule has 1 rings (SSSR count). The number of hydrogen-bond donors (Lipinski definition) is 6. The van der Waals surface area contributed by atoms with Crippen molar-refractivity contribution in [1.82, 2.24) is 4.90 Å². The Morgan fingerprint density at radius 3 is 2.40 bits per heavy atom. The zero-order valence-electron chi connectivity index (χ0n) is 14.0. The second-order valence-corrected chi connectivity index (χ2v) is 6.57. The number of hydrogen-bond acceptors (Lipinski definition) is 7. The molecule has 0 radical (unpaired) electrons. The van der Waals surface area contributed by atoms with E-state index in [-0.39, 0.29) is 38.7 Å². The number of nitrogens with two attached hydrogens (primary N) is 2. The Kier molecular flexibility index (Phi) is 7.80. The number of nitrogens with zero attached hydrogens (tertiary/aromatic N) is 1. The molecule has 1 aliphatic heterocycles. The third-order valence-electron chi connectivity index (χ3n) is 4.57. The molecular weight excluding hydrogens is 333 g/mol. The minimum absolute atomic E-state index is 0.0921. The van der Waals surface area contributed by atoms with Gasteiger partial charge in [-0.3, -0.25) is 14.4 Å². The van der Waals surface area contributed by atoms with Crippen molar-refractivity contribution in [2.75, 3.05) is 13.1 Å². The van der Waals surface area contributed by atoms with Gasteiger partial charge >= 0.3 is 19.1 Å². The fraction of sp³-hybridized carbons (Fsp3) is 0.786. The van der Waals surface area contributed by atoms with E-state index in [2.05, 4.69) is 0 Å². The Morgan fingerprint density at radius 2 is 1.88 bits per heavy atom. The number of carboxylic acids is 2. The maximum Gasteiger partial charge on any atom is 0.451 e. The van der Waals surface area contributed by atoms with Gasteiger partial charge in [-0.25, -0.2) is 0 Å². The van der Waals surface area contributed by atoms with Crippen LogP contribution in [0.1, 0.15) is 32.1 Å². The minimum atomic E-state index is -1.61. The lowest BCUT2D eigenvalue weighted by molar-refractivity contribution is -0.144. The summed E-state index contributed by atoms with van der Waals surface area (Å²) in [5.41, 5.74) is 10.2. The summed E-state index contributed by atoms with van der Waals surface area (Å²) in [5, 5.41) is 35.8. The normalized spacial score (nSPS) is 24.2. The molecule has 142 valence electrons. The maximum absolute atomic E-state index is 12.4. The molecule has 0 aliphatic carbocycles. The summed E-state index contributed by atoms with van der Waals surface area (Å²) in [7, 11) is -1.47. The van der Waals surface area contributed by atoms with E-state index < -0.39 is 42.5 Å². The molecule has 0 bridgehead atoms. The monoisotopic (exact) mass is 359 g/mol. The van der Waals surface area contributed by atoms with Crippen molar-refractivity contribution in [3.05, 3.63) is 0 Å². The summed E-state index contributed by atoms with van der Waals surface area (Å²) < 4.78 is 0. The molecule has 25 heavy (non-hydrogen) atoms. The van der Waals surface area contributed by atoms with Gasteiger partial charge in [-0.05, 0) is 25.6 Å². The molecule has 1 unspecified atom stereocenters. The predicted octanol–water partition coefficient (Wildman–Crippen LogP) is -1.94. The predicted molar refractivity (Wildman–Crippen MR) is 88.3 cm³/mol. The van der Waals surface area contributed by atoms with Gasteiger partial charge in [0.15, 0.2) is 0 Å². The Labute approximate surface area is 145 Å². The fourth-order valence-corrected chi connectivity index (χ4v) is 3.08. The number of likely N-dealkylation sites (tertiary alicyclic amines) is 1. The standard InChI is InChI=1S/C14H26BN3O7/c16-10(4-1-5-11(19)20)12(21)18-7-9(3-2-6-15(24)25)14(17,8-18)13(22)23/h9-10,24-25H,1-8,16-17H2,(H,19,20)(H,22,23)/t9?,10-,14-/m0/s1. The van der Waals surface area contributed by atoms with E-state index in [0.717, 1.165) is 0 Å². The van der Waals surface area contributed by atoms with Crippen LogP contribution in [0, 0.1) is 5.92 Å².